The van der Waals surface area contributed by atoms with Crippen molar-refractivity contribution in [2.75, 3.05) is 16.8 Å². The summed E-state index contributed by atoms with van der Waals surface area (Å²) in [5, 5.41) is 3.15. The summed E-state index contributed by atoms with van der Waals surface area (Å²) in [5.74, 6) is -0.730. The number of ether oxygens (including phenoxy) is 1. The Morgan fingerprint density at radius 3 is 2.54 bits per heavy atom. The van der Waals surface area contributed by atoms with Crippen molar-refractivity contribution in [1.82, 2.24) is 0 Å². The minimum Gasteiger partial charge on any atom is -0.464 e. The number of rotatable bonds is 5. The standard InChI is InChI=1S/C21H22N2O3/c1-4-26-20(25)21(3)14-18(22-16-10-8-9-15(2)13-16)19(24)23(21)17-11-6-5-7-12-17/h5-14,22H,4H2,1-3H3. The minimum absolute atomic E-state index is 0.250. The number of nitrogens with zero attached hydrogens (tertiary/aromatic N) is 1. The Morgan fingerprint density at radius 2 is 1.88 bits per heavy atom. The predicted octanol–water partition coefficient (Wildman–Crippen LogP) is 3.66. The van der Waals surface area contributed by atoms with Crippen molar-refractivity contribution in [3.05, 3.63) is 71.9 Å². The number of anilines is 2. The number of esters is 1. The lowest BCUT2D eigenvalue weighted by molar-refractivity contribution is -0.147. The van der Waals surface area contributed by atoms with Crippen LogP contribution in [-0.4, -0.2) is 24.0 Å². The first kappa shape index (κ1) is 17.7. The highest BCUT2D eigenvalue weighted by atomic mass is 16.5. The number of para-hydroxylation sites is 1. The third-order valence-electron chi connectivity index (χ3n) is 4.32. The Labute approximate surface area is 153 Å². The van der Waals surface area contributed by atoms with Gasteiger partial charge in [-0.25, -0.2) is 4.79 Å². The van der Waals surface area contributed by atoms with Crippen molar-refractivity contribution in [3.63, 3.8) is 0 Å². The molecule has 0 aliphatic carbocycles. The van der Waals surface area contributed by atoms with E-state index in [1.807, 2.05) is 49.4 Å². The molecule has 0 spiro atoms. The van der Waals surface area contributed by atoms with Gasteiger partial charge in [-0.3, -0.25) is 9.69 Å². The monoisotopic (exact) mass is 350 g/mol. The molecule has 1 atom stereocenters. The second-order valence-electron chi connectivity index (χ2n) is 6.40. The second kappa shape index (κ2) is 7.04. The second-order valence-corrected chi connectivity index (χ2v) is 6.40. The van der Waals surface area contributed by atoms with Crippen LogP contribution >= 0.6 is 0 Å². The summed E-state index contributed by atoms with van der Waals surface area (Å²) in [7, 11) is 0. The maximum absolute atomic E-state index is 13.1. The van der Waals surface area contributed by atoms with Crippen LogP contribution in [0.25, 0.3) is 0 Å². The van der Waals surface area contributed by atoms with E-state index < -0.39 is 11.5 Å². The van der Waals surface area contributed by atoms with E-state index in [0.29, 0.717) is 11.4 Å². The number of nitrogens with one attached hydrogen (secondary N) is 1. The van der Waals surface area contributed by atoms with Crippen molar-refractivity contribution in [2.45, 2.75) is 26.3 Å². The number of amides is 1. The maximum atomic E-state index is 13.1. The number of aryl methyl sites for hydroxylation is 1. The van der Waals surface area contributed by atoms with Gasteiger partial charge in [0.25, 0.3) is 5.91 Å². The fraction of sp³-hybridized carbons (Fsp3) is 0.238. The van der Waals surface area contributed by atoms with Crippen LogP contribution in [0.1, 0.15) is 19.4 Å². The van der Waals surface area contributed by atoms with Gasteiger partial charge in [-0.2, -0.15) is 0 Å². The van der Waals surface area contributed by atoms with E-state index in [1.54, 1.807) is 32.1 Å². The summed E-state index contributed by atoms with van der Waals surface area (Å²) in [5.41, 5.74) is 1.67. The number of hydrogen-bond donors (Lipinski definition) is 1. The van der Waals surface area contributed by atoms with Gasteiger partial charge in [0, 0.05) is 11.4 Å². The summed E-state index contributed by atoms with van der Waals surface area (Å²) in [6.45, 7) is 5.68. The molecule has 1 heterocycles. The Morgan fingerprint density at radius 1 is 1.15 bits per heavy atom. The molecule has 1 unspecified atom stereocenters. The van der Waals surface area contributed by atoms with Crippen LogP contribution in [-0.2, 0) is 14.3 Å². The number of carbonyl (C=O) groups is 2. The Kier molecular flexibility index (Phi) is 4.80. The molecule has 1 amide bonds. The molecule has 26 heavy (non-hydrogen) atoms. The first-order valence-corrected chi connectivity index (χ1v) is 8.59. The van der Waals surface area contributed by atoms with Crippen LogP contribution in [0.15, 0.2) is 66.4 Å². The Balaban J connectivity index is 2.00. The van der Waals surface area contributed by atoms with Gasteiger partial charge in [-0.15, -0.1) is 0 Å². The van der Waals surface area contributed by atoms with Crippen molar-refractivity contribution < 1.29 is 14.3 Å². The van der Waals surface area contributed by atoms with Crippen LogP contribution in [0.3, 0.4) is 0 Å². The zero-order valence-electron chi connectivity index (χ0n) is 15.2. The highest BCUT2D eigenvalue weighted by Gasteiger charge is 2.49. The molecule has 0 aromatic heterocycles. The van der Waals surface area contributed by atoms with Crippen LogP contribution in [0.4, 0.5) is 11.4 Å². The summed E-state index contributed by atoms with van der Waals surface area (Å²) >= 11 is 0. The van der Waals surface area contributed by atoms with Crippen molar-refractivity contribution >= 4 is 23.3 Å². The average Bonchev–Trinajstić information content (AvgIpc) is 2.87. The summed E-state index contributed by atoms with van der Waals surface area (Å²) in [6, 6.07) is 16.9. The van der Waals surface area contributed by atoms with Crippen molar-refractivity contribution in [3.8, 4) is 0 Å². The molecule has 0 saturated heterocycles. The van der Waals surface area contributed by atoms with E-state index in [9.17, 15) is 9.59 Å². The molecule has 134 valence electrons. The first-order chi connectivity index (χ1) is 12.5. The summed E-state index contributed by atoms with van der Waals surface area (Å²) < 4.78 is 5.24. The molecule has 2 aromatic rings. The molecule has 0 fully saturated rings. The van der Waals surface area contributed by atoms with E-state index in [4.69, 9.17) is 4.74 Å². The van der Waals surface area contributed by atoms with Gasteiger partial charge in [-0.05, 0) is 56.7 Å². The van der Waals surface area contributed by atoms with Gasteiger partial charge in [0.15, 0.2) is 5.54 Å². The van der Waals surface area contributed by atoms with Gasteiger partial charge in [0.05, 0.1) is 6.61 Å². The van der Waals surface area contributed by atoms with E-state index in [0.717, 1.165) is 11.3 Å². The maximum Gasteiger partial charge on any atom is 0.336 e. The molecule has 3 rings (SSSR count). The van der Waals surface area contributed by atoms with Crippen LogP contribution in [0.5, 0.6) is 0 Å². The van der Waals surface area contributed by atoms with Crippen LogP contribution in [0, 0.1) is 6.92 Å². The first-order valence-electron chi connectivity index (χ1n) is 8.59. The zero-order chi connectivity index (χ0) is 18.7. The van der Waals surface area contributed by atoms with E-state index in [1.165, 1.54) is 4.90 Å². The molecule has 5 nitrogen and oxygen atoms in total. The molecule has 1 aliphatic rings. The number of carbonyl (C=O) groups excluding carboxylic acids is 2. The molecular formula is C21H22N2O3. The van der Waals surface area contributed by atoms with Gasteiger partial charge >= 0.3 is 5.97 Å². The molecular weight excluding hydrogens is 328 g/mol. The third kappa shape index (κ3) is 3.20. The smallest absolute Gasteiger partial charge is 0.336 e. The van der Waals surface area contributed by atoms with Gasteiger partial charge in [0.2, 0.25) is 0 Å². The molecule has 1 aliphatic heterocycles. The van der Waals surface area contributed by atoms with Gasteiger partial charge in [0.1, 0.15) is 5.70 Å². The molecule has 1 N–H and O–H groups in total. The normalized spacial score (nSPS) is 19.3. The van der Waals surface area contributed by atoms with E-state index in [2.05, 4.69) is 5.32 Å². The minimum atomic E-state index is -1.21. The van der Waals surface area contributed by atoms with Crippen molar-refractivity contribution in [1.29, 1.82) is 0 Å². The Bertz CT molecular complexity index is 861. The highest BCUT2D eigenvalue weighted by molar-refractivity contribution is 6.16. The molecule has 0 radical (unpaired) electrons. The highest BCUT2D eigenvalue weighted by Crippen LogP contribution is 2.35. The number of hydrogen-bond acceptors (Lipinski definition) is 4. The molecule has 5 heteroatoms. The fourth-order valence-corrected chi connectivity index (χ4v) is 3.10. The van der Waals surface area contributed by atoms with E-state index >= 15 is 0 Å². The Hall–Kier alpha value is -3.08. The third-order valence-corrected chi connectivity index (χ3v) is 4.32. The molecule has 0 saturated carbocycles. The SMILES string of the molecule is CCOC(=O)C1(C)C=C(Nc2cccc(C)c2)C(=O)N1c1ccccc1. The molecule has 2 aromatic carbocycles. The lowest BCUT2D eigenvalue weighted by atomic mass is 10.0. The zero-order valence-corrected chi connectivity index (χ0v) is 15.2. The largest absolute Gasteiger partial charge is 0.464 e. The average molecular weight is 350 g/mol. The summed E-state index contributed by atoms with van der Waals surface area (Å²) in [4.78, 5) is 27.2. The summed E-state index contributed by atoms with van der Waals surface area (Å²) in [6.07, 6.45) is 1.64. The van der Waals surface area contributed by atoms with Crippen molar-refractivity contribution in [2.24, 2.45) is 0 Å². The van der Waals surface area contributed by atoms with Crippen LogP contribution < -0.4 is 10.2 Å². The predicted molar refractivity (Wildman–Crippen MR) is 102 cm³/mol. The quantitative estimate of drug-likeness (QED) is 0.836. The topological polar surface area (TPSA) is 58.6 Å². The molecule has 0 bridgehead atoms. The van der Waals surface area contributed by atoms with Gasteiger partial charge < -0.3 is 10.1 Å². The number of benzene rings is 2. The fourth-order valence-electron chi connectivity index (χ4n) is 3.10. The lowest BCUT2D eigenvalue weighted by Crippen LogP contribution is -2.51. The van der Waals surface area contributed by atoms with E-state index in [-0.39, 0.29) is 12.5 Å². The van der Waals surface area contributed by atoms with Crippen LogP contribution in [0.2, 0.25) is 0 Å². The van der Waals surface area contributed by atoms with Gasteiger partial charge in [-0.1, -0.05) is 30.3 Å². The lowest BCUT2D eigenvalue weighted by Gasteiger charge is -2.32.